The summed E-state index contributed by atoms with van der Waals surface area (Å²) in [4.78, 5) is 10.0. The third-order valence-electron chi connectivity index (χ3n) is 4.74. The summed E-state index contributed by atoms with van der Waals surface area (Å²) in [7, 11) is 2.92. The van der Waals surface area contributed by atoms with E-state index < -0.39 is 11.7 Å². The molecule has 1 aliphatic heterocycles. The fourth-order valence-corrected chi connectivity index (χ4v) is 3.57. The molecule has 10 heteroatoms. The summed E-state index contributed by atoms with van der Waals surface area (Å²) < 4.78 is 50.3. The molecule has 1 aromatic carbocycles. The molecular formula is C20H26F3N5O2. The molecular weight excluding hydrogens is 399 g/mol. The van der Waals surface area contributed by atoms with E-state index in [1.54, 1.807) is 0 Å². The Balaban J connectivity index is 1.77. The number of anilines is 3. The van der Waals surface area contributed by atoms with Crippen LogP contribution in [0.3, 0.4) is 0 Å². The van der Waals surface area contributed by atoms with Gasteiger partial charge in [0.05, 0.1) is 25.0 Å². The predicted octanol–water partition coefficient (Wildman–Crippen LogP) is 3.90. The average molecular weight is 425 g/mol. The van der Waals surface area contributed by atoms with Crippen molar-refractivity contribution in [3.05, 3.63) is 35.5 Å². The molecule has 1 aromatic heterocycles. The lowest BCUT2D eigenvalue weighted by atomic mass is 10.1. The van der Waals surface area contributed by atoms with Gasteiger partial charge in [0.2, 0.25) is 5.95 Å². The molecule has 7 nitrogen and oxygen atoms in total. The maximum atomic E-state index is 13.0. The summed E-state index contributed by atoms with van der Waals surface area (Å²) in [5.74, 6) is 0.289. The van der Waals surface area contributed by atoms with Crippen molar-refractivity contribution in [3.8, 4) is 5.75 Å². The van der Waals surface area contributed by atoms with Crippen LogP contribution in [0.2, 0.25) is 0 Å². The van der Waals surface area contributed by atoms with Crippen LogP contribution in [0.15, 0.2) is 24.4 Å². The summed E-state index contributed by atoms with van der Waals surface area (Å²) >= 11 is 0. The molecule has 2 atom stereocenters. The van der Waals surface area contributed by atoms with Crippen LogP contribution < -0.4 is 15.4 Å². The number of halogens is 3. The van der Waals surface area contributed by atoms with E-state index in [4.69, 9.17) is 9.47 Å². The Hall–Kier alpha value is -2.59. The molecule has 1 saturated heterocycles. The molecule has 164 valence electrons. The number of hydrogen-bond acceptors (Lipinski definition) is 7. The molecule has 2 aromatic rings. The SMILES string of the molecule is CNc1nc(Nc2ccc(CN3CC(C)OC(C)C3)cc2OC)ncc1C(F)(F)F. The van der Waals surface area contributed by atoms with E-state index in [-0.39, 0.29) is 24.0 Å². The highest BCUT2D eigenvalue weighted by molar-refractivity contribution is 5.64. The van der Waals surface area contributed by atoms with Gasteiger partial charge in [-0.1, -0.05) is 6.07 Å². The standard InChI is InChI=1S/C20H26F3N5O2/c1-12-9-28(10-13(2)30-12)11-14-5-6-16(17(7-14)29-4)26-19-25-8-15(20(21,22)23)18(24-3)27-19/h5-8,12-13H,9-11H2,1-4H3,(H2,24,25,26,27). The van der Waals surface area contributed by atoms with Crippen molar-refractivity contribution in [3.63, 3.8) is 0 Å². The van der Waals surface area contributed by atoms with E-state index >= 15 is 0 Å². The van der Waals surface area contributed by atoms with Crippen molar-refractivity contribution in [1.82, 2.24) is 14.9 Å². The van der Waals surface area contributed by atoms with Gasteiger partial charge in [0.15, 0.2) is 0 Å². The number of hydrogen-bond donors (Lipinski definition) is 2. The fraction of sp³-hybridized carbons (Fsp3) is 0.500. The minimum absolute atomic E-state index is 0.0363. The van der Waals surface area contributed by atoms with Crippen molar-refractivity contribution in [2.45, 2.75) is 38.8 Å². The van der Waals surface area contributed by atoms with Gasteiger partial charge < -0.3 is 20.1 Å². The van der Waals surface area contributed by atoms with Crippen molar-refractivity contribution in [2.24, 2.45) is 0 Å². The number of methoxy groups -OCH3 is 1. The number of ether oxygens (including phenoxy) is 2. The van der Waals surface area contributed by atoms with Crippen LogP contribution in [-0.2, 0) is 17.5 Å². The second-order valence-corrected chi connectivity index (χ2v) is 7.31. The third-order valence-corrected chi connectivity index (χ3v) is 4.74. The lowest BCUT2D eigenvalue weighted by Crippen LogP contribution is -2.44. The number of morpholine rings is 1. The Morgan fingerprint density at radius 1 is 1.23 bits per heavy atom. The molecule has 0 saturated carbocycles. The molecule has 0 aliphatic carbocycles. The molecule has 30 heavy (non-hydrogen) atoms. The van der Waals surface area contributed by atoms with Crippen molar-refractivity contribution in [1.29, 1.82) is 0 Å². The molecule has 0 bridgehead atoms. The summed E-state index contributed by atoms with van der Waals surface area (Å²) in [6, 6.07) is 5.65. The zero-order valence-corrected chi connectivity index (χ0v) is 17.4. The fourth-order valence-electron chi connectivity index (χ4n) is 3.57. The highest BCUT2D eigenvalue weighted by Gasteiger charge is 2.35. The zero-order chi connectivity index (χ0) is 21.9. The Kier molecular flexibility index (Phi) is 6.67. The number of rotatable bonds is 6. The number of benzene rings is 1. The van der Waals surface area contributed by atoms with Gasteiger partial charge in [0.1, 0.15) is 17.1 Å². The third kappa shape index (κ3) is 5.31. The van der Waals surface area contributed by atoms with Gasteiger partial charge in [-0.2, -0.15) is 18.2 Å². The summed E-state index contributed by atoms with van der Waals surface area (Å²) in [6.45, 7) is 6.55. The van der Waals surface area contributed by atoms with Crippen LogP contribution in [0, 0.1) is 0 Å². The van der Waals surface area contributed by atoms with E-state index in [0.717, 1.165) is 31.4 Å². The van der Waals surface area contributed by atoms with E-state index in [9.17, 15) is 13.2 Å². The van der Waals surface area contributed by atoms with Crippen LogP contribution in [0.1, 0.15) is 25.0 Å². The molecule has 0 spiro atoms. The molecule has 0 amide bonds. The van der Waals surface area contributed by atoms with Crippen molar-refractivity contribution < 1.29 is 22.6 Å². The van der Waals surface area contributed by atoms with Gasteiger partial charge in [-0.15, -0.1) is 0 Å². The maximum absolute atomic E-state index is 13.0. The molecule has 1 fully saturated rings. The molecule has 2 N–H and O–H groups in total. The molecule has 2 heterocycles. The number of nitrogens with zero attached hydrogens (tertiary/aromatic N) is 3. The summed E-state index contributed by atoms with van der Waals surface area (Å²) in [6.07, 6.45) is -3.43. The first-order valence-corrected chi connectivity index (χ1v) is 9.63. The smallest absolute Gasteiger partial charge is 0.421 e. The van der Waals surface area contributed by atoms with Crippen LogP contribution in [-0.4, -0.2) is 54.3 Å². The predicted molar refractivity (Wildman–Crippen MR) is 108 cm³/mol. The van der Waals surface area contributed by atoms with E-state index in [2.05, 4.69) is 39.3 Å². The number of aromatic nitrogens is 2. The van der Waals surface area contributed by atoms with Crippen LogP contribution in [0.4, 0.5) is 30.6 Å². The van der Waals surface area contributed by atoms with E-state index in [1.165, 1.54) is 14.2 Å². The summed E-state index contributed by atoms with van der Waals surface area (Å²) in [5.41, 5.74) is 0.696. The second-order valence-electron chi connectivity index (χ2n) is 7.31. The Morgan fingerprint density at radius 3 is 2.53 bits per heavy atom. The Labute approximate surface area is 173 Å². The van der Waals surface area contributed by atoms with Crippen molar-refractivity contribution >= 4 is 17.5 Å². The van der Waals surface area contributed by atoms with Gasteiger partial charge in [-0.05, 0) is 31.5 Å². The lowest BCUT2D eigenvalue weighted by molar-refractivity contribution is -0.137. The van der Waals surface area contributed by atoms with Crippen molar-refractivity contribution in [2.75, 3.05) is 37.9 Å². The van der Waals surface area contributed by atoms with Crippen LogP contribution >= 0.6 is 0 Å². The number of alkyl halides is 3. The number of nitrogens with one attached hydrogen (secondary N) is 2. The molecule has 1 aliphatic rings. The van der Waals surface area contributed by atoms with Gasteiger partial charge in [0.25, 0.3) is 0 Å². The monoisotopic (exact) mass is 425 g/mol. The largest absolute Gasteiger partial charge is 0.495 e. The van der Waals surface area contributed by atoms with Gasteiger partial charge >= 0.3 is 6.18 Å². The van der Waals surface area contributed by atoms with Gasteiger partial charge in [-0.25, -0.2) is 4.98 Å². The minimum atomic E-state index is -4.54. The zero-order valence-electron chi connectivity index (χ0n) is 17.4. The first-order chi connectivity index (χ1) is 14.2. The average Bonchev–Trinajstić information content (AvgIpc) is 2.67. The highest BCUT2D eigenvalue weighted by Crippen LogP contribution is 2.34. The normalized spacial score (nSPS) is 20.1. The van der Waals surface area contributed by atoms with Crippen LogP contribution in [0.25, 0.3) is 0 Å². The van der Waals surface area contributed by atoms with E-state index in [1.807, 2.05) is 18.2 Å². The minimum Gasteiger partial charge on any atom is -0.495 e. The quantitative estimate of drug-likeness (QED) is 0.727. The highest BCUT2D eigenvalue weighted by atomic mass is 19.4. The molecule has 2 unspecified atom stereocenters. The lowest BCUT2D eigenvalue weighted by Gasteiger charge is -2.35. The van der Waals surface area contributed by atoms with Gasteiger partial charge in [0, 0.05) is 32.9 Å². The van der Waals surface area contributed by atoms with Crippen LogP contribution in [0.5, 0.6) is 5.75 Å². The molecule has 0 radical (unpaired) electrons. The maximum Gasteiger partial charge on any atom is 0.421 e. The second kappa shape index (κ2) is 9.05. The summed E-state index contributed by atoms with van der Waals surface area (Å²) in [5, 5.41) is 5.39. The Morgan fingerprint density at radius 2 is 1.93 bits per heavy atom. The first-order valence-electron chi connectivity index (χ1n) is 9.63. The first kappa shape index (κ1) is 22.1. The van der Waals surface area contributed by atoms with E-state index in [0.29, 0.717) is 11.4 Å². The topological polar surface area (TPSA) is 71.5 Å². The van der Waals surface area contributed by atoms with Gasteiger partial charge in [-0.3, -0.25) is 4.90 Å². The Bertz CT molecular complexity index is 868. The molecule has 3 rings (SSSR count).